The lowest BCUT2D eigenvalue weighted by molar-refractivity contribution is 0.0985. The normalized spacial score (nSPS) is 13.9. The fourth-order valence-electron chi connectivity index (χ4n) is 3.59. The number of likely N-dealkylation sites (N-methyl/N-ethyl adjacent to an activating group) is 1. The maximum atomic E-state index is 12.7. The van der Waals surface area contributed by atoms with Crippen molar-refractivity contribution in [2.75, 3.05) is 46.5 Å². The van der Waals surface area contributed by atoms with Gasteiger partial charge in [0.25, 0.3) is 0 Å². The van der Waals surface area contributed by atoms with Crippen molar-refractivity contribution in [3.63, 3.8) is 0 Å². The van der Waals surface area contributed by atoms with Gasteiger partial charge in [-0.1, -0.05) is 26.0 Å². The van der Waals surface area contributed by atoms with Gasteiger partial charge in [-0.05, 0) is 49.0 Å². The number of carbonyl (C=O) groups is 1. The Balaban J connectivity index is 1.63. The Kier molecular flexibility index (Phi) is 7.49. The molecule has 0 aromatic heterocycles. The molecule has 2 aromatic rings. The summed E-state index contributed by atoms with van der Waals surface area (Å²) < 4.78 is 16.4. The van der Waals surface area contributed by atoms with Crippen LogP contribution >= 0.6 is 0 Å². The number of carbonyl (C=O) groups excluding carboxylic acids is 1. The maximum Gasteiger partial charge on any atom is 0.176 e. The monoisotopic (exact) mass is 398 g/mol. The predicted molar refractivity (Wildman–Crippen MR) is 113 cm³/mol. The lowest BCUT2D eigenvalue weighted by Crippen LogP contribution is -2.37. The Labute approximate surface area is 172 Å². The van der Waals surface area contributed by atoms with Crippen LogP contribution in [0.15, 0.2) is 42.5 Å². The van der Waals surface area contributed by atoms with E-state index < -0.39 is 0 Å². The second-order valence-corrected chi connectivity index (χ2v) is 6.92. The summed E-state index contributed by atoms with van der Waals surface area (Å²) >= 11 is 0. The van der Waals surface area contributed by atoms with Gasteiger partial charge in [0.2, 0.25) is 0 Å². The molecule has 0 amide bonds. The van der Waals surface area contributed by atoms with Gasteiger partial charge in [-0.25, -0.2) is 0 Å². The molecule has 6 heteroatoms. The number of nitrogens with one attached hydrogen (secondary N) is 1. The quantitative estimate of drug-likeness (QED) is 0.620. The molecule has 1 unspecified atom stereocenters. The summed E-state index contributed by atoms with van der Waals surface area (Å²) in [6, 6.07) is 13.7. The summed E-state index contributed by atoms with van der Waals surface area (Å²) in [6.07, 6.45) is 0. The third-order valence-electron chi connectivity index (χ3n) is 5.24. The molecule has 3 rings (SSSR count). The maximum absolute atomic E-state index is 12.7. The largest absolute Gasteiger partial charge is 0.497 e. The molecule has 1 aliphatic heterocycles. The SMILES string of the molecule is CCN(CC)C(CNCC(=O)c1ccc2c(c1)OCCO2)c1ccc(OC)cc1. The Morgan fingerprint density at radius 3 is 2.41 bits per heavy atom. The van der Waals surface area contributed by atoms with E-state index in [2.05, 4.69) is 36.2 Å². The molecular weight excluding hydrogens is 368 g/mol. The first-order valence-corrected chi connectivity index (χ1v) is 10.2. The van der Waals surface area contributed by atoms with Crippen LogP contribution in [-0.2, 0) is 0 Å². The van der Waals surface area contributed by atoms with Crippen molar-refractivity contribution < 1.29 is 19.0 Å². The second kappa shape index (κ2) is 10.3. The molecule has 1 atom stereocenters. The average molecular weight is 399 g/mol. The van der Waals surface area contributed by atoms with Gasteiger partial charge in [0.05, 0.1) is 13.7 Å². The molecule has 0 bridgehead atoms. The summed E-state index contributed by atoms with van der Waals surface area (Å²) in [7, 11) is 1.67. The van der Waals surface area contributed by atoms with Crippen LogP contribution in [0.2, 0.25) is 0 Å². The molecule has 29 heavy (non-hydrogen) atoms. The smallest absolute Gasteiger partial charge is 0.176 e. The van der Waals surface area contributed by atoms with E-state index in [0.29, 0.717) is 36.8 Å². The molecule has 1 aliphatic rings. The molecule has 0 radical (unpaired) electrons. The second-order valence-electron chi connectivity index (χ2n) is 6.92. The summed E-state index contributed by atoms with van der Waals surface area (Å²) in [4.78, 5) is 15.0. The molecule has 6 nitrogen and oxygen atoms in total. The van der Waals surface area contributed by atoms with Gasteiger partial charge in [-0.3, -0.25) is 9.69 Å². The van der Waals surface area contributed by atoms with E-state index in [-0.39, 0.29) is 18.4 Å². The van der Waals surface area contributed by atoms with E-state index in [0.717, 1.165) is 18.8 Å². The highest BCUT2D eigenvalue weighted by atomic mass is 16.6. The van der Waals surface area contributed by atoms with Gasteiger partial charge < -0.3 is 19.5 Å². The van der Waals surface area contributed by atoms with Crippen LogP contribution in [0.3, 0.4) is 0 Å². The van der Waals surface area contributed by atoms with Gasteiger partial charge in [-0.15, -0.1) is 0 Å². The van der Waals surface area contributed by atoms with E-state index in [1.807, 2.05) is 12.1 Å². The van der Waals surface area contributed by atoms with Crippen molar-refractivity contribution >= 4 is 5.78 Å². The first-order chi connectivity index (χ1) is 14.2. The molecule has 2 aromatic carbocycles. The zero-order chi connectivity index (χ0) is 20.6. The molecule has 1 N–H and O–H groups in total. The molecule has 0 saturated heterocycles. The van der Waals surface area contributed by atoms with Crippen molar-refractivity contribution in [1.29, 1.82) is 0 Å². The third kappa shape index (κ3) is 5.28. The number of methoxy groups -OCH3 is 1. The van der Waals surface area contributed by atoms with E-state index in [4.69, 9.17) is 14.2 Å². The van der Waals surface area contributed by atoms with Gasteiger partial charge >= 0.3 is 0 Å². The fourth-order valence-corrected chi connectivity index (χ4v) is 3.59. The average Bonchev–Trinajstić information content (AvgIpc) is 2.78. The number of Topliss-reactive ketones (excluding diaryl/α,β-unsaturated/α-hetero) is 1. The van der Waals surface area contributed by atoms with Crippen LogP contribution in [0.4, 0.5) is 0 Å². The topological polar surface area (TPSA) is 60.0 Å². The number of ether oxygens (including phenoxy) is 3. The molecule has 0 spiro atoms. The van der Waals surface area contributed by atoms with Crippen LogP contribution in [0, 0.1) is 0 Å². The minimum atomic E-state index is 0.0370. The number of benzene rings is 2. The number of ketones is 1. The number of nitrogens with zero attached hydrogens (tertiary/aromatic N) is 1. The van der Waals surface area contributed by atoms with E-state index >= 15 is 0 Å². The minimum absolute atomic E-state index is 0.0370. The Morgan fingerprint density at radius 2 is 1.76 bits per heavy atom. The van der Waals surface area contributed by atoms with Crippen molar-refractivity contribution in [3.8, 4) is 17.2 Å². The molecule has 0 aliphatic carbocycles. The molecule has 0 fully saturated rings. The number of hydrogen-bond acceptors (Lipinski definition) is 6. The fraction of sp³-hybridized carbons (Fsp3) is 0.435. The number of fused-ring (bicyclic) bond motifs is 1. The summed E-state index contributed by atoms with van der Waals surface area (Å²) in [5, 5.41) is 3.35. The predicted octanol–water partition coefficient (Wildman–Crippen LogP) is 3.32. The number of hydrogen-bond donors (Lipinski definition) is 1. The van der Waals surface area contributed by atoms with Crippen LogP contribution in [0.25, 0.3) is 0 Å². The lowest BCUT2D eigenvalue weighted by atomic mass is 10.0. The number of rotatable bonds is 10. The molecular formula is C23H30N2O4. The summed E-state index contributed by atoms with van der Waals surface area (Å²) in [6.45, 7) is 8.19. The van der Waals surface area contributed by atoms with E-state index in [1.54, 1.807) is 25.3 Å². The first-order valence-electron chi connectivity index (χ1n) is 10.2. The zero-order valence-corrected chi connectivity index (χ0v) is 17.4. The third-order valence-corrected chi connectivity index (χ3v) is 5.24. The molecule has 156 valence electrons. The lowest BCUT2D eigenvalue weighted by Gasteiger charge is -2.30. The van der Waals surface area contributed by atoms with E-state index in [1.165, 1.54) is 5.56 Å². The molecule has 0 saturated carbocycles. The van der Waals surface area contributed by atoms with Gasteiger partial charge in [0, 0.05) is 18.2 Å². The van der Waals surface area contributed by atoms with Crippen molar-refractivity contribution in [1.82, 2.24) is 10.2 Å². The van der Waals surface area contributed by atoms with Crippen molar-refractivity contribution in [2.24, 2.45) is 0 Å². The van der Waals surface area contributed by atoms with E-state index in [9.17, 15) is 4.79 Å². The highest BCUT2D eigenvalue weighted by molar-refractivity contribution is 5.98. The Morgan fingerprint density at radius 1 is 1.07 bits per heavy atom. The van der Waals surface area contributed by atoms with Gasteiger partial charge in [-0.2, -0.15) is 0 Å². The van der Waals surface area contributed by atoms with Crippen molar-refractivity contribution in [3.05, 3.63) is 53.6 Å². The standard InChI is InChI=1S/C23H30N2O4/c1-4-25(5-2)20(17-6-9-19(27-3)10-7-17)15-24-16-21(26)18-8-11-22-23(14-18)29-13-12-28-22/h6-11,14,20,24H,4-5,12-13,15-16H2,1-3H3. The first kappa shape index (κ1) is 21.1. The van der Waals surface area contributed by atoms with Crippen LogP contribution in [-0.4, -0.2) is 57.2 Å². The highest BCUT2D eigenvalue weighted by Gasteiger charge is 2.19. The Bertz CT molecular complexity index is 803. The van der Waals surface area contributed by atoms with Crippen LogP contribution in [0.5, 0.6) is 17.2 Å². The molecule has 1 heterocycles. The highest BCUT2D eigenvalue weighted by Crippen LogP contribution is 2.30. The van der Waals surface area contributed by atoms with Gasteiger partial charge in [0.15, 0.2) is 17.3 Å². The Hall–Kier alpha value is -2.57. The van der Waals surface area contributed by atoms with Crippen LogP contribution < -0.4 is 19.5 Å². The van der Waals surface area contributed by atoms with Crippen LogP contribution in [0.1, 0.15) is 35.8 Å². The summed E-state index contributed by atoms with van der Waals surface area (Å²) in [5.41, 5.74) is 1.83. The minimum Gasteiger partial charge on any atom is -0.497 e. The summed E-state index contributed by atoms with van der Waals surface area (Å²) in [5.74, 6) is 2.21. The van der Waals surface area contributed by atoms with Crippen molar-refractivity contribution in [2.45, 2.75) is 19.9 Å². The van der Waals surface area contributed by atoms with Gasteiger partial charge in [0.1, 0.15) is 19.0 Å². The zero-order valence-electron chi connectivity index (χ0n) is 17.4.